The third-order valence-electron chi connectivity index (χ3n) is 4.29. The molecule has 0 bridgehead atoms. The van der Waals surface area contributed by atoms with Gasteiger partial charge in [-0.1, -0.05) is 40.7 Å². The summed E-state index contributed by atoms with van der Waals surface area (Å²) in [6, 6.07) is 15.2. The molecule has 2 aromatic heterocycles. The van der Waals surface area contributed by atoms with E-state index in [4.69, 9.17) is 20.9 Å². The second kappa shape index (κ2) is 8.67. The van der Waals surface area contributed by atoms with E-state index in [0.717, 1.165) is 34.4 Å². The van der Waals surface area contributed by atoms with Crippen LogP contribution in [0.5, 0.6) is 5.75 Å². The van der Waals surface area contributed by atoms with Crippen molar-refractivity contribution in [2.75, 3.05) is 7.11 Å². The van der Waals surface area contributed by atoms with Gasteiger partial charge in [0.1, 0.15) is 5.75 Å². The van der Waals surface area contributed by atoms with Crippen LogP contribution < -0.4 is 4.74 Å². The lowest BCUT2D eigenvalue weighted by Crippen LogP contribution is -2.00. The molecule has 0 spiro atoms. The third kappa shape index (κ3) is 4.13. The zero-order valence-corrected chi connectivity index (χ0v) is 17.4. The largest absolute Gasteiger partial charge is 0.497 e. The molecule has 7 nitrogen and oxygen atoms in total. The molecular weight excluding hydrogens is 410 g/mol. The first-order valence-electron chi connectivity index (χ1n) is 8.97. The van der Waals surface area contributed by atoms with E-state index in [1.165, 1.54) is 11.8 Å². The average molecular weight is 428 g/mol. The van der Waals surface area contributed by atoms with Crippen molar-refractivity contribution in [1.29, 1.82) is 0 Å². The Morgan fingerprint density at radius 2 is 1.90 bits per heavy atom. The molecule has 2 heterocycles. The highest BCUT2D eigenvalue weighted by atomic mass is 35.5. The van der Waals surface area contributed by atoms with Gasteiger partial charge in [0.05, 0.1) is 17.9 Å². The number of hydrogen-bond acceptors (Lipinski definition) is 7. The zero-order chi connectivity index (χ0) is 20.2. The number of halogens is 1. The molecule has 0 aliphatic heterocycles. The molecule has 148 valence electrons. The minimum atomic E-state index is 0.474. The Bertz CT molecular complexity index is 1110. The number of nitrogens with zero attached hydrogens (tertiary/aromatic N) is 5. The van der Waals surface area contributed by atoms with Crippen LogP contribution in [0.4, 0.5) is 0 Å². The predicted octanol–water partition coefficient (Wildman–Crippen LogP) is 4.97. The van der Waals surface area contributed by atoms with E-state index < -0.39 is 0 Å². The van der Waals surface area contributed by atoms with Crippen molar-refractivity contribution in [3.63, 3.8) is 0 Å². The number of benzene rings is 2. The molecular formula is C20H18ClN5O2S. The van der Waals surface area contributed by atoms with E-state index in [2.05, 4.69) is 31.8 Å². The maximum Gasteiger partial charge on any atom is 0.237 e. The van der Waals surface area contributed by atoms with Gasteiger partial charge in [0.25, 0.3) is 0 Å². The molecule has 0 amide bonds. The fourth-order valence-corrected chi connectivity index (χ4v) is 3.89. The van der Waals surface area contributed by atoms with Gasteiger partial charge in [-0.2, -0.15) is 4.98 Å². The van der Waals surface area contributed by atoms with E-state index in [1.807, 2.05) is 42.5 Å². The Hall–Kier alpha value is -2.84. The SMILES string of the molecule is CCn1c(SCc2nc(-c3ccccc3Cl)no2)nnc1-c1ccc(OC)cc1. The first-order chi connectivity index (χ1) is 14.2. The molecule has 0 radical (unpaired) electrons. The summed E-state index contributed by atoms with van der Waals surface area (Å²) in [5, 5.41) is 14.1. The summed E-state index contributed by atoms with van der Waals surface area (Å²) in [4.78, 5) is 4.44. The second-order valence-corrected chi connectivity index (χ2v) is 7.41. The molecule has 9 heteroatoms. The summed E-state index contributed by atoms with van der Waals surface area (Å²) in [6.45, 7) is 2.80. The van der Waals surface area contributed by atoms with Crippen LogP contribution in [0.2, 0.25) is 5.02 Å². The highest BCUT2D eigenvalue weighted by Gasteiger charge is 2.16. The van der Waals surface area contributed by atoms with Crippen LogP contribution in [0.1, 0.15) is 12.8 Å². The lowest BCUT2D eigenvalue weighted by molar-refractivity contribution is 0.391. The highest BCUT2D eigenvalue weighted by Crippen LogP contribution is 2.29. The fourth-order valence-electron chi connectivity index (χ4n) is 2.83. The number of rotatable bonds is 7. The van der Waals surface area contributed by atoms with Gasteiger partial charge >= 0.3 is 0 Å². The summed E-state index contributed by atoms with van der Waals surface area (Å²) < 4.78 is 12.6. The van der Waals surface area contributed by atoms with Crippen molar-refractivity contribution in [2.45, 2.75) is 24.4 Å². The predicted molar refractivity (Wildman–Crippen MR) is 112 cm³/mol. The number of methoxy groups -OCH3 is 1. The number of ether oxygens (including phenoxy) is 1. The van der Waals surface area contributed by atoms with Crippen molar-refractivity contribution in [3.05, 3.63) is 59.4 Å². The topological polar surface area (TPSA) is 78.9 Å². The molecule has 4 rings (SSSR count). The van der Waals surface area contributed by atoms with Crippen LogP contribution in [0, 0.1) is 0 Å². The summed E-state index contributed by atoms with van der Waals surface area (Å²) in [5.74, 6) is 3.07. The first-order valence-corrected chi connectivity index (χ1v) is 10.3. The van der Waals surface area contributed by atoms with Crippen molar-refractivity contribution < 1.29 is 9.26 Å². The lowest BCUT2D eigenvalue weighted by atomic mass is 10.2. The average Bonchev–Trinajstić information content (AvgIpc) is 3.39. The number of thioether (sulfide) groups is 1. The molecule has 0 aliphatic carbocycles. The summed E-state index contributed by atoms with van der Waals surface area (Å²) in [6.07, 6.45) is 0. The van der Waals surface area contributed by atoms with Gasteiger partial charge in [0, 0.05) is 17.7 Å². The minimum absolute atomic E-state index is 0.474. The summed E-state index contributed by atoms with van der Waals surface area (Å²) in [7, 11) is 1.65. The Kier molecular flexibility index (Phi) is 5.82. The Morgan fingerprint density at radius 3 is 2.62 bits per heavy atom. The maximum atomic E-state index is 6.20. The third-order valence-corrected chi connectivity index (χ3v) is 5.57. The van der Waals surface area contributed by atoms with Crippen LogP contribution >= 0.6 is 23.4 Å². The molecule has 0 saturated carbocycles. The molecule has 2 aromatic carbocycles. The van der Waals surface area contributed by atoms with Gasteiger partial charge in [-0.05, 0) is 43.3 Å². The smallest absolute Gasteiger partial charge is 0.237 e. The van der Waals surface area contributed by atoms with E-state index in [-0.39, 0.29) is 0 Å². The quantitative estimate of drug-likeness (QED) is 0.385. The van der Waals surface area contributed by atoms with E-state index >= 15 is 0 Å². The summed E-state index contributed by atoms with van der Waals surface area (Å²) in [5.41, 5.74) is 1.72. The van der Waals surface area contributed by atoms with Gasteiger partial charge in [-0.3, -0.25) is 0 Å². The molecule has 29 heavy (non-hydrogen) atoms. The first kappa shape index (κ1) is 19.5. The highest BCUT2D eigenvalue weighted by molar-refractivity contribution is 7.98. The van der Waals surface area contributed by atoms with Gasteiger partial charge in [-0.25, -0.2) is 0 Å². The Morgan fingerprint density at radius 1 is 1.10 bits per heavy atom. The Labute approximate surface area is 177 Å². The molecule has 0 unspecified atom stereocenters. The Balaban J connectivity index is 1.50. The zero-order valence-electron chi connectivity index (χ0n) is 15.9. The van der Waals surface area contributed by atoms with Crippen LogP contribution in [0.25, 0.3) is 22.8 Å². The molecule has 0 aliphatic rings. The van der Waals surface area contributed by atoms with Crippen LogP contribution in [-0.4, -0.2) is 32.0 Å². The standard InChI is InChI=1S/C20H18ClN5O2S/c1-3-26-19(13-8-10-14(27-2)11-9-13)23-24-20(26)29-12-17-22-18(25-28-17)15-6-4-5-7-16(15)21/h4-11H,3,12H2,1-2H3. The fraction of sp³-hybridized carbons (Fsp3) is 0.200. The lowest BCUT2D eigenvalue weighted by Gasteiger charge is -2.07. The van der Waals surface area contributed by atoms with E-state index in [0.29, 0.717) is 22.5 Å². The number of hydrogen-bond donors (Lipinski definition) is 0. The molecule has 0 fully saturated rings. The molecule has 4 aromatic rings. The van der Waals surface area contributed by atoms with Crippen molar-refractivity contribution in [3.8, 4) is 28.5 Å². The molecule has 0 saturated heterocycles. The van der Waals surface area contributed by atoms with Crippen molar-refractivity contribution in [2.24, 2.45) is 0 Å². The summed E-state index contributed by atoms with van der Waals surface area (Å²) >= 11 is 7.70. The maximum absolute atomic E-state index is 6.20. The van der Waals surface area contributed by atoms with Gasteiger partial charge in [-0.15, -0.1) is 10.2 Å². The van der Waals surface area contributed by atoms with E-state index in [9.17, 15) is 0 Å². The van der Waals surface area contributed by atoms with Crippen LogP contribution in [-0.2, 0) is 12.3 Å². The number of aromatic nitrogens is 5. The normalized spacial score (nSPS) is 11.0. The second-order valence-electron chi connectivity index (χ2n) is 6.06. The van der Waals surface area contributed by atoms with Crippen LogP contribution in [0.3, 0.4) is 0 Å². The van der Waals surface area contributed by atoms with Gasteiger partial charge in [0.15, 0.2) is 11.0 Å². The monoisotopic (exact) mass is 427 g/mol. The van der Waals surface area contributed by atoms with E-state index in [1.54, 1.807) is 13.2 Å². The van der Waals surface area contributed by atoms with Gasteiger partial charge in [0.2, 0.25) is 11.7 Å². The molecule has 0 atom stereocenters. The molecule has 0 N–H and O–H groups in total. The minimum Gasteiger partial charge on any atom is -0.497 e. The van der Waals surface area contributed by atoms with Crippen molar-refractivity contribution in [1.82, 2.24) is 24.9 Å². The van der Waals surface area contributed by atoms with Crippen molar-refractivity contribution >= 4 is 23.4 Å². The van der Waals surface area contributed by atoms with Gasteiger partial charge < -0.3 is 13.8 Å². The van der Waals surface area contributed by atoms with Crippen LogP contribution in [0.15, 0.2) is 58.2 Å².